The molecule has 1 heterocycles. The van der Waals surface area contributed by atoms with Crippen molar-refractivity contribution >= 4 is 28.3 Å². The Bertz CT molecular complexity index is 553. The van der Waals surface area contributed by atoms with Crippen LogP contribution in [0.5, 0.6) is 0 Å². The molecule has 1 aromatic carbocycles. The molecule has 0 aliphatic carbocycles. The van der Waals surface area contributed by atoms with E-state index in [1.165, 1.54) is 18.2 Å². The van der Waals surface area contributed by atoms with Gasteiger partial charge in [-0.25, -0.2) is 9.97 Å². The maximum absolute atomic E-state index is 12.4. The lowest BCUT2D eigenvalue weighted by atomic mass is 10.2. The first-order valence-electron chi connectivity index (χ1n) is 4.18. The molecule has 2 N–H and O–H groups in total. The van der Waals surface area contributed by atoms with E-state index < -0.39 is 12.0 Å². The van der Waals surface area contributed by atoms with Gasteiger partial charge in [0.15, 0.2) is 0 Å². The second kappa shape index (κ2) is 3.48. The first kappa shape index (κ1) is 10.9. The summed E-state index contributed by atoms with van der Waals surface area (Å²) in [5.41, 5.74) is 5.49. The highest BCUT2D eigenvalue weighted by Gasteiger charge is 2.35. The van der Waals surface area contributed by atoms with Crippen LogP contribution in [0.25, 0.3) is 10.9 Å². The lowest BCUT2D eigenvalue weighted by molar-refractivity contribution is -0.144. The summed E-state index contributed by atoms with van der Waals surface area (Å²) in [6.45, 7) is 0. The van der Waals surface area contributed by atoms with E-state index in [0.29, 0.717) is 10.4 Å². The van der Waals surface area contributed by atoms with E-state index in [9.17, 15) is 13.2 Å². The van der Waals surface area contributed by atoms with Crippen molar-refractivity contribution in [2.75, 3.05) is 5.73 Å². The lowest BCUT2D eigenvalue weighted by Gasteiger charge is -2.07. The number of rotatable bonds is 0. The Morgan fingerprint density at radius 1 is 1.19 bits per heavy atom. The molecule has 84 valence electrons. The molecule has 16 heavy (non-hydrogen) atoms. The minimum absolute atomic E-state index is 0.0762. The van der Waals surface area contributed by atoms with Gasteiger partial charge in [-0.3, -0.25) is 0 Å². The first-order valence-corrected chi connectivity index (χ1v) is 4.56. The van der Waals surface area contributed by atoms with Crippen LogP contribution in [-0.4, -0.2) is 9.97 Å². The summed E-state index contributed by atoms with van der Waals surface area (Å²) < 4.78 is 37.1. The third kappa shape index (κ3) is 1.88. The number of anilines is 1. The van der Waals surface area contributed by atoms with Gasteiger partial charge >= 0.3 is 6.18 Å². The van der Waals surface area contributed by atoms with Gasteiger partial charge < -0.3 is 5.73 Å². The molecule has 0 amide bonds. The summed E-state index contributed by atoms with van der Waals surface area (Å²) in [6.07, 6.45) is -4.62. The molecule has 0 atom stereocenters. The highest BCUT2D eigenvalue weighted by molar-refractivity contribution is 6.31. The molecular weight excluding hydrogens is 243 g/mol. The maximum Gasteiger partial charge on any atom is 0.451 e. The Hall–Kier alpha value is -1.56. The number of alkyl halides is 3. The number of fused-ring (bicyclic) bond motifs is 1. The smallest absolute Gasteiger partial charge is 0.383 e. The van der Waals surface area contributed by atoms with Gasteiger partial charge in [0.1, 0.15) is 5.82 Å². The van der Waals surface area contributed by atoms with Crippen molar-refractivity contribution in [1.82, 2.24) is 9.97 Å². The predicted octanol–water partition coefficient (Wildman–Crippen LogP) is 2.88. The minimum atomic E-state index is -4.62. The van der Waals surface area contributed by atoms with Crippen LogP contribution >= 0.6 is 11.6 Å². The fourth-order valence-electron chi connectivity index (χ4n) is 1.25. The molecule has 0 radical (unpaired) electrons. The van der Waals surface area contributed by atoms with E-state index in [4.69, 9.17) is 17.3 Å². The van der Waals surface area contributed by atoms with E-state index in [1.54, 1.807) is 0 Å². The summed E-state index contributed by atoms with van der Waals surface area (Å²) >= 11 is 5.66. The molecule has 0 saturated heterocycles. The van der Waals surface area contributed by atoms with Gasteiger partial charge in [-0.05, 0) is 18.2 Å². The number of halogens is 4. The number of nitrogens with two attached hydrogens (primary N) is 1. The molecule has 0 fully saturated rings. The quantitative estimate of drug-likeness (QED) is 0.779. The van der Waals surface area contributed by atoms with E-state index in [-0.39, 0.29) is 11.3 Å². The van der Waals surface area contributed by atoms with E-state index in [0.717, 1.165) is 0 Å². The van der Waals surface area contributed by atoms with Crippen molar-refractivity contribution in [3.63, 3.8) is 0 Å². The molecule has 0 aliphatic rings. The van der Waals surface area contributed by atoms with Gasteiger partial charge in [0.05, 0.1) is 5.52 Å². The van der Waals surface area contributed by atoms with Gasteiger partial charge in [0.25, 0.3) is 0 Å². The van der Waals surface area contributed by atoms with E-state index in [2.05, 4.69) is 9.97 Å². The zero-order chi connectivity index (χ0) is 11.9. The molecule has 0 spiro atoms. The number of aromatic nitrogens is 2. The van der Waals surface area contributed by atoms with Crippen LogP contribution in [0.15, 0.2) is 18.2 Å². The Morgan fingerprint density at radius 3 is 2.50 bits per heavy atom. The zero-order valence-electron chi connectivity index (χ0n) is 7.72. The van der Waals surface area contributed by atoms with Crippen molar-refractivity contribution in [2.45, 2.75) is 6.18 Å². The summed E-state index contributed by atoms with van der Waals surface area (Å²) in [4.78, 5) is 6.57. The van der Waals surface area contributed by atoms with Crippen LogP contribution in [-0.2, 0) is 6.18 Å². The Kier molecular flexibility index (Phi) is 2.38. The van der Waals surface area contributed by atoms with Gasteiger partial charge in [-0.1, -0.05) is 11.6 Å². The molecule has 3 nitrogen and oxygen atoms in total. The summed E-state index contributed by atoms with van der Waals surface area (Å²) in [5.74, 6) is -1.48. The number of benzene rings is 1. The predicted molar refractivity (Wildman–Crippen MR) is 54.0 cm³/mol. The monoisotopic (exact) mass is 247 g/mol. The Morgan fingerprint density at radius 2 is 1.88 bits per heavy atom. The molecular formula is C9H5ClF3N3. The third-order valence-electron chi connectivity index (χ3n) is 1.94. The van der Waals surface area contributed by atoms with Crippen LogP contribution in [0.3, 0.4) is 0 Å². The second-order valence-electron chi connectivity index (χ2n) is 3.09. The first-order chi connectivity index (χ1) is 7.38. The Labute approximate surface area is 93.1 Å². The second-order valence-corrected chi connectivity index (χ2v) is 3.53. The standard InChI is InChI=1S/C9H5ClF3N3/c10-4-1-2-5-6(3-4)15-8(9(11,12)13)16-7(5)14/h1-3H,(H2,14,15,16). The Balaban J connectivity index is 2.75. The largest absolute Gasteiger partial charge is 0.451 e. The van der Waals surface area contributed by atoms with Crippen LogP contribution in [0.1, 0.15) is 5.82 Å². The fourth-order valence-corrected chi connectivity index (χ4v) is 1.42. The maximum atomic E-state index is 12.4. The van der Waals surface area contributed by atoms with E-state index in [1.807, 2.05) is 0 Å². The van der Waals surface area contributed by atoms with Crippen LogP contribution in [0, 0.1) is 0 Å². The lowest BCUT2D eigenvalue weighted by Crippen LogP contribution is -2.12. The minimum Gasteiger partial charge on any atom is -0.383 e. The van der Waals surface area contributed by atoms with Gasteiger partial charge in [0, 0.05) is 10.4 Å². The van der Waals surface area contributed by atoms with Crippen LogP contribution in [0.2, 0.25) is 5.02 Å². The molecule has 2 aromatic rings. The average Bonchev–Trinajstić information content (AvgIpc) is 2.15. The van der Waals surface area contributed by atoms with Crippen molar-refractivity contribution in [3.05, 3.63) is 29.0 Å². The molecule has 1 aromatic heterocycles. The van der Waals surface area contributed by atoms with Crippen LogP contribution in [0.4, 0.5) is 19.0 Å². The van der Waals surface area contributed by atoms with E-state index >= 15 is 0 Å². The molecule has 2 rings (SSSR count). The number of hydrogen-bond donors (Lipinski definition) is 1. The van der Waals surface area contributed by atoms with Crippen molar-refractivity contribution < 1.29 is 13.2 Å². The highest BCUT2D eigenvalue weighted by atomic mass is 35.5. The van der Waals surface area contributed by atoms with Crippen molar-refractivity contribution in [3.8, 4) is 0 Å². The highest BCUT2D eigenvalue weighted by Crippen LogP contribution is 2.30. The molecule has 0 bridgehead atoms. The topological polar surface area (TPSA) is 51.8 Å². The van der Waals surface area contributed by atoms with Gasteiger partial charge in [0.2, 0.25) is 5.82 Å². The SMILES string of the molecule is Nc1nc(C(F)(F)F)nc2cc(Cl)ccc12. The zero-order valence-corrected chi connectivity index (χ0v) is 8.47. The van der Waals surface area contributed by atoms with Crippen LogP contribution < -0.4 is 5.73 Å². The fraction of sp³-hybridized carbons (Fsp3) is 0.111. The van der Waals surface area contributed by atoms with Gasteiger partial charge in [-0.2, -0.15) is 13.2 Å². The number of hydrogen-bond acceptors (Lipinski definition) is 3. The summed E-state index contributed by atoms with van der Waals surface area (Å²) in [6, 6.07) is 4.30. The van der Waals surface area contributed by atoms with Crippen molar-refractivity contribution in [2.24, 2.45) is 0 Å². The molecule has 0 aliphatic heterocycles. The number of nitrogens with zero attached hydrogens (tertiary/aromatic N) is 2. The molecule has 0 unspecified atom stereocenters. The van der Waals surface area contributed by atoms with Gasteiger partial charge in [-0.15, -0.1) is 0 Å². The van der Waals surface area contributed by atoms with Crippen molar-refractivity contribution in [1.29, 1.82) is 0 Å². The average molecular weight is 248 g/mol. The summed E-state index contributed by atoms with van der Waals surface area (Å²) in [5, 5.41) is 0.635. The molecule has 7 heteroatoms. The number of nitrogen functional groups attached to an aromatic ring is 1. The summed E-state index contributed by atoms with van der Waals surface area (Å²) in [7, 11) is 0. The molecule has 0 saturated carbocycles. The third-order valence-corrected chi connectivity index (χ3v) is 2.18. The normalized spacial score (nSPS) is 12.0.